The average molecular weight is 297 g/mol. The van der Waals surface area contributed by atoms with E-state index in [1.165, 1.54) is 17.7 Å². The van der Waals surface area contributed by atoms with Crippen LogP contribution in [0, 0.1) is 10.1 Å². The Hall–Kier alpha value is -2.20. The zero-order valence-electron chi connectivity index (χ0n) is 10.4. The molecule has 106 valence electrons. The lowest BCUT2D eigenvalue weighted by Crippen LogP contribution is -2.20. The lowest BCUT2D eigenvalue weighted by molar-refractivity contribution is -0.391. The summed E-state index contributed by atoms with van der Waals surface area (Å²) >= 11 is 1.10. The minimum absolute atomic E-state index is 0.107. The Bertz CT molecular complexity index is 621. The molecule has 0 unspecified atom stereocenters. The van der Waals surface area contributed by atoms with Crippen LogP contribution >= 0.6 is 11.8 Å². The van der Waals surface area contributed by atoms with E-state index in [9.17, 15) is 14.9 Å². The first-order valence-corrected chi connectivity index (χ1v) is 6.37. The Morgan fingerprint density at radius 1 is 1.70 bits per heavy atom. The highest BCUT2D eigenvalue weighted by Gasteiger charge is 2.25. The molecule has 0 aromatic carbocycles. The number of carbonyl (C=O) groups excluding carboxylic acids is 1. The lowest BCUT2D eigenvalue weighted by atomic mass is 10.4. The normalized spacial score (nSPS) is 18.8. The molecule has 2 rings (SSSR count). The minimum Gasteiger partial charge on any atom is -0.394 e. The second kappa shape index (κ2) is 5.84. The summed E-state index contributed by atoms with van der Waals surface area (Å²) in [7, 11) is 1.50. The first kappa shape index (κ1) is 14.2. The molecule has 2 heterocycles. The van der Waals surface area contributed by atoms with Crippen molar-refractivity contribution in [3.8, 4) is 0 Å². The summed E-state index contributed by atoms with van der Waals surface area (Å²) in [6.45, 7) is 0.0916. The standard InChI is InChI=1S/C10H11N5O4S/c1-14-7(12-5-8(14)15(18)19)4-6-9(17)13-10(20-6)11-2-3-16/h4-5,16H,2-3H2,1H3,(H,11,13,17)/b6-4-. The number of rotatable bonds is 4. The Labute approximate surface area is 117 Å². The number of amidine groups is 1. The van der Waals surface area contributed by atoms with Crippen molar-refractivity contribution in [3.63, 3.8) is 0 Å². The molecule has 0 aliphatic carbocycles. The average Bonchev–Trinajstić information content (AvgIpc) is 2.92. The van der Waals surface area contributed by atoms with E-state index in [4.69, 9.17) is 5.11 Å². The molecule has 2 N–H and O–H groups in total. The van der Waals surface area contributed by atoms with Crippen LogP contribution in [0.1, 0.15) is 5.82 Å². The van der Waals surface area contributed by atoms with Crippen LogP contribution in [0.25, 0.3) is 6.08 Å². The fourth-order valence-electron chi connectivity index (χ4n) is 1.49. The van der Waals surface area contributed by atoms with Gasteiger partial charge in [-0.1, -0.05) is 0 Å². The molecule has 0 atom stereocenters. The van der Waals surface area contributed by atoms with Crippen LogP contribution in [-0.4, -0.2) is 43.8 Å². The van der Waals surface area contributed by atoms with Gasteiger partial charge < -0.3 is 20.5 Å². The van der Waals surface area contributed by atoms with Gasteiger partial charge in [0.15, 0.2) is 5.17 Å². The van der Waals surface area contributed by atoms with Gasteiger partial charge in [0.1, 0.15) is 6.20 Å². The van der Waals surface area contributed by atoms with Crippen LogP contribution in [0.2, 0.25) is 0 Å². The Kier molecular flexibility index (Phi) is 4.15. The number of aliphatic imine (C=N–C) groups is 1. The first-order chi connectivity index (χ1) is 9.52. The molecule has 1 aromatic heterocycles. The smallest absolute Gasteiger partial charge is 0.342 e. The first-order valence-electron chi connectivity index (χ1n) is 5.55. The van der Waals surface area contributed by atoms with E-state index in [-0.39, 0.29) is 24.9 Å². The SMILES string of the molecule is Cn1c([N+](=O)[O-])cnc1/C=C1\SC(=NCCO)NC1=O. The molecular formula is C10H11N5O4S. The number of nitro groups is 1. The zero-order valence-corrected chi connectivity index (χ0v) is 11.3. The van der Waals surface area contributed by atoms with Crippen molar-refractivity contribution in [2.45, 2.75) is 0 Å². The Morgan fingerprint density at radius 3 is 3.05 bits per heavy atom. The highest BCUT2D eigenvalue weighted by molar-refractivity contribution is 8.18. The van der Waals surface area contributed by atoms with Gasteiger partial charge in [-0.2, -0.15) is 0 Å². The number of aliphatic hydroxyl groups excluding tert-OH is 1. The molecule has 0 bridgehead atoms. The van der Waals surface area contributed by atoms with Crippen molar-refractivity contribution in [2.75, 3.05) is 13.2 Å². The van der Waals surface area contributed by atoms with Gasteiger partial charge in [0.25, 0.3) is 5.91 Å². The maximum atomic E-state index is 11.7. The van der Waals surface area contributed by atoms with Crippen molar-refractivity contribution >= 4 is 34.7 Å². The molecule has 1 aromatic rings. The van der Waals surface area contributed by atoms with E-state index in [0.29, 0.717) is 15.9 Å². The summed E-state index contributed by atoms with van der Waals surface area (Å²) in [6, 6.07) is 0. The molecule has 0 spiro atoms. The number of hydrogen-bond donors (Lipinski definition) is 2. The molecule has 10 heteroatoms. The molecular weight excluding hydrogens is 286 g/mol. The molecule has 9 nitrogen and oxygen atoms in total. The zero-order chi connectivity index (χ0) is 14.7. The summed E-state index contributed by atoms with van der Waals surface area (Å²) in [5.41, 5.74) is 0. The van der Waals surface area contributed by atoms with Gasteiger partial charge in [0.2, 0.25) is 5.82 Å². The number of amides is 1. The molecule has 1 aliphatic heterocycles. The molecule has 0 radical (unpaired) electrons. The van der Waals surface area contributed by atoms with Gasteiger partial charge in [-0.05, 0) is 16.7 Å². The molecule has 1 amide bonds. The van der Waals surface area contributed by atoms with E-state index in [2.05, 4.69) is 15.3 Å². The summed E-state index contributed by atoms with van der Waals surface area (Å²) < 4.78 is 1.28. The highest BCUT2D eigenvalue weighted by atomic mass is 32.2. The van der Waals surface area contributed by atoms with Crippen molar-refractivity contribution in [3.05, 3.63) is 27.0 Å². The predicted molar refractivity (Wildman–Crippen MR) is 73.0 cm³/mol. The van der Waals surface area contributed by atoms with Crippen molar-refractivity contribution in [2.24, 2.45) is 12.0 Å². The van der Waals surface area contributed by atoms with E-state index in [0.717, 1.165) is 18.0 Å². The van der Waals surface area contributed by atoms with Gasteiger partial charge in [-0.25, -0.2) is 9.55 Å². The fraction of sp³-hybridized carbons (Fsp3) is 0.300. The van der Waals surface area contributed by atoms with Crippen LogP contribution in [0.5, 0.6) is 0 Å². The van der Waals surface area contributed by atoms with E-state index < -0.39 is 4.92 Å². The predicted octanol–water partition coefficient (Wildman–Crippen LogP) is -0.120. The second-order valence-corrected chi connectivity index (χ2v) is 4.80. The number of nitrogens with zero attached hydrogens (tertiary/aromatic N) is 4. The molecule has 1 fully saturated rings. The number of aliphatic hydroxyl groups is 1. The van der Waals surface area contributed by atoms with Crippen molar-refractivity contribution < 1.29 is 14.8 Å². The fourth-order valence-corrected chi connectivity index (χ4v) is 2.30. The van der Waals surface area contributed by atoms with Gasteiger partial charge in [-0.3, -0.25) is 9.79 Å². The highest BCUT2D eigenvalue weighted by Crippen LogP contribution is 2.26. The monoisotopic (exact) mass is 297 g/mol. The third-order valence-electron chi connectivity index (χ3n) is 2.45. The number of aromatic nitrogens is 2. The number of carbonyl (C=O) groups is 1. The Morgan fingerprint density at radius 2 is 2.45 bits per heavy atom. The van der Waals surface area contributed by atoms with Gasteiger partial charge in [-0.15, -0.1) is 0 Å². The maximum absolute atomic E-state index is 11.7. The topological polar surface area (TPSA) is 123 Å². The van der Waals surface area contributed by atoms with Gasteiger partial charge in [0, 0.05) is 6.08 Å². The van der Waals surface area contributed by atoms with Crippen LogP contribution < -0.4 is 5.32 Å². The molecule has 1 saturated heterocycles. The molecule has 20 heavy (non-hydrogen) atoms. The van der Waals surface area contributed by atoms with E-state index >= 15 is 0 Å². The van der Waals surface area contributed by atoms with E-state index in [1.807, 2.05) is 0 Å². The van der Waals surface area contributed by atoms with Crippen LogP contribution in [0.15, 0.2) is 16.1 Å². The van der Waals surface area contributed by atoms with E-state index in [1.54, 1.807) is 0 Å². The van der Waals surface area contributed by atoms with Crippen molar-refractivity contribution in [1.29, 1.82) is 0 Å². The van der Waals surface area contributed by atoms with Crippen LogP contribution in [0.3, 0.4) is 0 Å². The lowest BCUT2D eigenvalue weighted by Gasteiger charge is -1.94. The van der Waals surface area contributed by atoms with Crippen molar-refractivity contribution in [1.82, 2.24) is 14.9 Å². The number of thioether (sulfide) groups is 1. The summed E-state index contributed by atoms with van der Waals surface area (Å²) in [5.74, 6) is -0.204. The largest absolute Gasteiger partial charge is 0.394 e. The van der Waals surface area contributed by atoms with Crippen LogP contribution in [0.4, 0.5) is 5.82 Å². The van der Waals surface area contributed by atoms with Crippen LogP contribution in [-0.2, 0) is 11.8 Å². The van der Waals surface area contributed by atoms with Gasteiger partial charge in [0.05, 0.1) is 25.1 Å². The summed E-state index contributed by atoms with van der Waals surface area (Å²) in [4.78, 5) is 30.0. The quantitative estimate of drug-likeness (QED) is 0.454. The number of nitrogens with one attached hydrogen (secondary N) is 1. The number of hydrogen-bond acceptors (Lipinski definition) is 7. The Balaban J connectivity index is 2.24. The molecule has 1 aliphatic rings. The minimum atomic E-state index is -0.551. The third-order valence-corrected chi connectivity index (χ3v) is 3.40. The maximum Gasteiger partial charge on any atom is 0.342 e. The molecule has 0 saturated carbocycles. The summed E-state index contributed by atoms with van der Waals surface area (Å²) in [5, 5.41) is 22.3. The summed E-state index contributed by atoms with van der Waals surface area (Å²) in [6.07, 6.45) is 2.58. The van der Waals surface area contributed by atoms with Gasteiger partial charge >= 0.3 is 5.82 Å². The number of imidazole rings is 1. The third kappa shape index (κ3) is 2.86. The second-order valence-electron chi connectivity index (χ2n) is 3.77.